The van der Waals surface area contributed by atoms with Gasteiger partial charge in [0.05, 0.1) is 25.2 Å². The van der Waals surface area contributed by atoms with Crippen molar-refractivity contribution in [2.24, 2.45) is 5.92 Å². The van der Waals surface area contributed by atoms with Crippen LogP contribution < -0.4 is 0 Å². The molecular weight excluding hydrogens is 248 g/mol. The highest BCUT2D eigenvalue weighted by atomic mass is 16.5. The topological polar surface area (TPSA) is 70.1 Å². The first kappa shape index (κ1) is 14.3. The van der Waals surface area contributed by atoms with E-state index in [4.69, 9.17) is 9.84 Å². The molecule has 1 amide bonds. The standard InChI is InChI=1S/C13H22N2O4/c1-10(12(16)14-5-7-19-8-6-14)15-4-2-3-11(9-15)13(17)18/h10-11H,2-9H2,1H3,(H,17,18). The number of rotatable bonds is 3. The number of carbonyl (C=O) groups is 2. The molecule has 0 radical (unpaired) electrons. The predicted octanol–water partition coefficient (Wildman–Crippen LogP) is 0.0303. The maximum Gasteiger partial charge on any atom is 0.307 e. The second-order valence-corrected chi connectivity index (χ2v) is 5.29. The van der Waals surface area contributed by atoms with Gasteiger partial charge >= 0.3 is 5.97 Å². The Morgan fingerprint density at radius 3 is 2.58 bits per heavy atom. The van der Waals surface area contributed by atoms with Gasteiger partial charge in [-0.05, 0) is 26.3 Å². The average molecular weight is 270 g/mol. The van der Waals surface area contributed by atoms with Crippen molar-refractivity contribution in [1.29, 1.82) is 0 Å². The summed E-state index contributed by atoms with van der Waals surface area (Å²) in [5.41, 5.74) is 0. The summed E-state index contributed by atoms with van der Waals surface area (Å²) in [7, 11) is 0. The van der Waals surface area contributed by atoms with Gasteiger partial charge < -0.3 is 14.7 Å². The SMILES string of the molecule is CC(C(=O)N1CCOCC1)N1CCCC(C(=O)O)C1. The molecular formula is C13H22N2O4. The number of likely N-dealkylation sites (tertiary alicyclic amines) is 1. The summed E-state index contributed by atoms with van der Waals surface area (Å²) in [6.07, 6.45) is 1.56. The van der Waals surface area contributed by atoms with E-state index in [2.05, 4.69) is 0 Å². The summed E-state index contributed by atoms with van der Waals surface area (Å²) in [6, 6.07) is -0.236. The molecule has 2 aliphatic rings. The van der Waals surface area contributed by atoms with Gasteiger partial charge in [0.2, 0.25) is 5.91 Å². The number of morpholine rings is 1. The second-order valence-electron chi connectivity index (χ2n) is 5.29. The third-order valence-electron chi connectivity index (χ3n) is 4.03. The largest absolute Gasteiger partial charge is 0.481 e. The van der Waals surface area contributed by atoms with Gasteiger partial charge in [-0.3, -0.25) is 14.5 Å². The maximum atomic E-state index is 12.4. The highest BCUT2D eigenvalue weighted by Gasteiger charge is 2.32. The Kier molecular flexibility index (Phi) is 4.76. The minimum absolute atomic E-state index is 0.0920. The summed E-state index contributed by atoms with van der Waals surface area (Å²) in [4.78, 5) is 27.2. The fourth-order valence-electron chi connectivity index (χ4n) is 2.76. The number of nitrogens with zero attached hydrogens (tertiary/aromatic N) is 2. The van der Waals surface area contributed by atoms with E-state index in [1.54, 1.807) is 0 Å². The van der Waals surface area contributed by atoms with E-state index in [9.17, 15) is 9.59 Å². The Hall–Kier alpha value is -1.14. The van der Waals surface area contributed by atoms with Crippen LogP contribution in [0.3, 0.4) is 0 Å². The number of ether oxygens (including phenoxy) is 1. The fraction of sp³-hybridized carbons (Fsp3) is 0.846. The number of hydrogen-bond acceptors (Lipinski definition) is 4. The quantitative estimate of drug-likeness (QED) is 0.783. The van der Waals surface area contributed by atoms with E-state index in [1.807, 2.05) is 16.7 Å². The van der Waals surface area contributed by atoms with Crippen LogP contribution in [-0.4, -0.2) is 72.2 Å². The van der Waals surface area contributed by atoms with Crippen LogP contribution in [0.15, 0.2) is 0 Å². The molecule has 108 valence electrons. The number of carboxylic acids is 1. The van der Waals surface area contributed by atoms with E-state index >= 15 is 0 Å². The first-order chi connectivity index (χ1) is 9.09. The zero-order valence-electron chi connectivity index (χ0n) is 11.4. The number of carbonyl (C=O) groups excluding carboxylic acids is 1. The van der Waals surface area contributed by atoms with Crippen molar-refractivity contribution in [1.82, 2.24) is 9.80 Å². The van der Waals surface area contributed by atoms with E-state index in [0.29, 0.717) is 39.3 Å². The van der Waals surface area contributed by atoms with Crippen molar-refractivity contribution < 1.29 is 19.4 Å². The smallest absolute Gasteiger partial charge is 0.307 e. The number of carboxylic acid groups (broad SMARTS) is 1. The molecule has 0 aromatic heterocycles. The van der Waals surface area contributed by atoms with Crippen LogP contribution in [0.2, 0.25) is 0 Å². The average Bonchev–Trinajstić information content (AvgIpc) is 2.46. The molecule has 0 spiro atoms. The van der Waals surface area contributed by atoms with Crippen LogP contribution in [0.1, 0.15) is 19.8 Å². The number of aliphatic carboxylic acids is 1. The first-order valence-corrected chi connectivity index (χ1v) is 6.93. The number of amides is 1. The normalized spacial score (nSPS) is 27.0. The van der Waals surface area contributed by atoms with Crippen LogP contribution in [0.5, 0.6) is 0 Å². The van der Waals surface area contributed by atoms with E-state index in [-0.39, 0.29) is 17.9 Å². The molecule has 2 rings (SSSR count). The lowest BCUT2D eigenvalue weighted by Crippen LogP contribution is -2.53. The zero-order chi connectivity index (χ0) is 13.8. The fourth-order valence-corrected chi connectivity index (χ4v) is 2.76. The summed E-state index contributed by atoms with van der Waals surface area (Å²) in [5.74, 6) is -1.00. The minimum Gasteiger partial charge on any atom is -0.481 e. The van der Waals surface area contributed by atoms with Crippen LogP contribution in [0.4, 0.5) is 0 Å². The van der Waals surface area contributed by atoms with Gasteiger partial charge in [0.1, 0.15) is 0 Å². The monoisotopic (exact) mass is 270 g/mol. The molecule has 19 heavy (non-hydrogen) atoms. The van der Waals surface area contributed by atoms with Crippen LogP contribution >= 0.6 is 0 Å². The zero-order valence-corrected chi connectivity index (χ0v) is 11.4. The number of hydrogen-bond donors (Lipinski definition) is 1. The molecule has 2 aliphatic heterocycles. The van der Waals surface area contributed by atoms with E-state index in [1.165, 1.54) is 0 Å². The van der Waals surface area contributed by atoms with Crippen molar-refractivity contribution in [2.75, 3.05) is 39.4 Å². The molecule has 1 N–H and O–H groups in total. The molecule has 0 saturated carbocycles. The summed E-state index contributed by atoms with van der Waals surface area (Å²) in [5, 5.41) is 9.09. The molecule has 2 atom stereocenters. The van der Waals surface area contributed by atoms with Crippen LogP contribution in [0.25, 0.3) is 0 Å². The van der Waals surface area contributed by atoms with Crippen molar-refractivity contribution in [3.8, 4) is 0 Å². The van der Waals surface area contributed by atoms with Crippen LogP contribution in [-0.2, 0) is 14.3 Å². The number of piperidine rings is 1. The molecule has 2 fully saturated rings. The lowest BCUT2D eigenvalue weighted by molar-refractivity contribution is -0.147. The van der Waals surface area contributed by atoms with E-state index < -0.39 is 5.97 Å². The van der Waals surface area contributed by atoms with Crippen molar-refractivity contribution >= 4 is 11.9 Å². The highest BCUT2D eigenvalue weighted by molar-refractivity contribution is 5.81. The van der Waals surface area contributed by atoms with Gasteiger partial charge in [0, 0.05) is 19.6 Å². The Bertz CT molecular complexity index is 342. The van der Waals surface area contributed by atoms with Gasteiger partial charge in [-0.2, -0.15) is 0 Å². The van der Waals surface area contributed by atoms with Gasteiger partial charge in [-0.1, -0.05) is 0 Å². The summed E-state index contributed by atoms with van der Waals surface area (Å²) in [6.45, 7) is 5.63. The van der Waals surface area contributed by atoms with Crippen molar-refractivity contribution in [3.05, 3.63) is 0 Å². The van der Waals surface area contributed by atoms with Gasteiger partial charge in [0.15, 0.2) is 0 Å². The lowest BCUT2D eigenvalue weighted by atomic mass is 9.97. The third kappa shape index (κ3) is 3.45. The molecule has 2 unspecified atom stereocenters. The molecule has 0 bridgehead atoms. The van der Waals surface area contributed by atoms with Crippen molar-refractivity contribution in [2.45, 2.75) is 25.8 Å². The molecule has 0 aromatic carbocycles. The molecule has 0 aliphatic carbocycles. The lowest BCUT2D eigenvalue weighted by Gasteiger charge is -2.37. The summed E-state index contributed by atoms with van der Waals surface area (Å²) >= 11 is 0. The molecule has 2 heterocycles. The Balaban J connectivity index is 1.92. The predicted molar refractivity (Wildman–Crippen MR) is 68.8 cm³/mol. The third-order valence-corrected chi connectivity index (χ3v) is 4.03. The van der Waals surface area contributed by atoms with Gasteiger partial charge in [-0.15, -0.1) is 0 Å². The Morgan fingerprint density at radius 1 is 1.26 bits per heavy atom. The minimum atomic E-state index is -0.754. The molecule has 6 heteroatoms. The Labute approximate surface area is 113 Å². The van der Waals surface area contributed by atoms with Crippen LogP contribution in [0, 0.1) is 5.92 Å². The molecule has 6 nitrogen and oxygen atoms in total. The van der Waals surface area contributed by atoms with Gasteiger partial charge in [0.25, 0.3) is 0 Å². The maximum absolute atomic E-state index is 12.4. The second kappa shape index (κ2) is 6.34. The molecule has 2 saturated heterocycles. The highest BCUT2D eigenvalue weighted by Crippen LogP contribution is 2.19. The van der Waals surface area contributed by atoms with E-state index in [0.717, 1.165) is 13.0 Å². The Morgan fingerprint density at radius 2 is 1.95 bits per heavy atom. The first-order valence-electron chi connectivity index (χ1n) is 6.93. The molecule has 0 aromatic rings. The van der Waals surface area contributed by atoms with Gasteiger partial charge in [-0.25, -0.2) is 0 Å². The van der Waals surface area contributed by atoms with Crippen molar-refractivity contribution in [3.63, 3.8) is 0 Å². The summed E-state index contributed by atoms with van der Waals surface area (Å²) < 4.78 is 5.24.